The third-order valence-corrected chi connectivity index (χ3v) is 5.00. The van der Waals surface area contributed by atoms with E-state index in [0.29, 0.717) is 17.9 Å². The van der Waals surface area contributed by atoms with Crippen LogP contribution in [-0.2, 0) is 4.79 Å². The van der Waals surface area contributed by atoms with E-state index < -0.39 is 11.6 Å². The molecular weight excluding hydrogens is 298 g/mol. The lowest BCUT2D eigenvalue weighted by atomic mass is 9.99. The first kappa shape index (κ1) is 14.6. The van der Waals surface area contributed by atoms with Gasteiger partial charge in [-0.05, 0) is 36.5 Å². The minimum absolute atomic E-state index is 0.0234. The number of amides is 1. The molecule has 1 amide bonds. The van der Waals surface area contributed by atoms with Crippen molar-refractivity contribution in [1.29, 1.82) is 0 Å². The number of fused-ring (bicyclic) bond motifs is 1. The van der Waals surface area contributed by atoms with E-state index >= 15 is 0 Å². The number of nitrogens with one attached hydrogen (secondary N) is 1. The lowest BCUT2D eigenvalue weighted by Crippen LogP contribution is -2.32. The highest BCUT2D eigenvalue weighted by Gasteiger charge is 2.37. The van der Waals surface area contributed by atoms with Crippen molar-refractivity contribution < 1.29 is 13.6 Å². The van der Waals surface area contributed by atoms with Gasteiger partial charge in [-0.15, -0.1) is 0 Å². The highest BCUT2D eigenvalue weighted by Crippen LogP contribution is 2.38. The second-order valence-corrected chi connectivity index (χ2v) is 6.50. The fraction of sp³-hybridized carbons (Fsp3) is 0.389. The van der Waals surface area contributed by atoms with Gasteiger partial charge in [-0.3, -0.25) is 4.79 Å². The van der Waals surface area contributed by atoms with Crippen LogP contribution in [0.4, 0.5) is 8.78 Å². The average Bonchev–Trinajstić information content (AvgIpc) is 3.20. The molecule has 2 aliphatic heterocycles. The number of carbonyl (C=O) groups is 1. The Kier molecular flexibility index (Phi) is 3.53. The van der Waals surface area contributed by atoms with Crippen LogP contribution in [0, 0.1) is 23.5 Å². The summed E-state index contributed by atoms with van der Waals surface area (Å²) in [7, 11) is 0. The number of nitrogens with zero attached hydrogens (tertiary/aromatic N) is 1. The molecule has 2 heterocycles. The summed E-state index contributed by atoms with van der Waals surface area (Å²) in [5, 5.41) is 3.31. The Balaban J connectivity index is 1.57. The second-order valence-electron chi connectivity index (χ2n) is 6.50. The van der Waals surface area contributed by atoms with E-state index in [1.54, 1.807) is 11.1 Å². The summed E-state index contributed by atoms with van der Waals surface area (Å²) in [5.74, 6) is -0.859. The van der Waals surface area contributed by atoms with Crippen molar-refractivity contribution in [1.82, 2.24) is 10.2 Å². The molecular formula is C18H18F2N2O. The SMILES string of the molecule is O=C(C1C=C2CNC[C@@H]2C1)N1C=CCC1c1cc(F)cc(F)c1. The third-order valence-electron chi connectivity index (χ3n) is 5.00. The summed E-state index contributed by atoms with van der Waals surface area (Å²) >= 11 is 0. The molecule has 120 valence electrons. The van der Waals surface area contributed by atoms with Gasteiger partial charge in [0.1, 0.15) is 11.6 Å². The molecule has 0 radical (unpaired) electrons. The van der Waals surface area contributed by atoms with Crippen LogP contribution < -0.4 is 5.32 Å². The molecule has 5 heteroatoms. The molecule has 4 rings (SSSR count). The summed E-state index contributed by atoms with van der Waals surface area (Å²) in [6, 6.07) is 3.16. The van der Waals surface area contributed by atoms with Crippen LogP contribution in [0.1, 0.15) is 24.4 Å². The summed E-state index contributed by atoms with van der Waals surface area (Å²) in [5.41, 5.74) is 1.83. The molecule has 23 heavy (non-hydrogen) atoms. The maximum Gasteiger partial charge on any atom is 0.234 e. The van der Waals surface area contributed by atoms with E-state index in [1.807, 2.05) is 6.08 Å². The number of benzene rings is 1. The van der Waals surface area contributed by atoms with E-state index in [-0.39, 0.29) is 17.9 Å². The predicted molar refractivity (Wildman–Crippen MR) is 82.3 cm³/mol. The number of hydrogen-bond donors (Lipinski definition) is 1. The normalized spacial score (nSPS) is 29.0. The van der Waals surface area contributed by atoms with E-state index in [4.69, 9.17) is 0 Å². The van der Waals surface area contributed by atoms with Crippen LogP contribution in [0.2, 0.25) is 0 Å². The average molecular weight is 316 g/mol. The minimum atomic E-state index is -0.608. The van der Waals surface area contributed by atoms with Gasteiger partial charge in [0.05, 0.1) is 12.0 Å². The van der Waals surface area contributed by atoms with Gasteiger partial charge in [-0.25, -0.2) is 8.78 Å². The maximum absolute atomic E-state index is 13.5. The van der Waals surface area contributed by atoms with E-state index in [0.717, 1.165) is 25.6 Å². The van der Waals surface area contributed by atoms with Gasteiger partial charge in [0.25, 0.3) is 0 Å². The zero-order valence-electron chi connectivity index (χ0n) is 12.6. The molecule has 0 saturated carbocycles. The second kappa shape index (κ2) is 5.57. The molecule has 3 nitrogen and oxygen atoms in total. The van der Waals surface area contributed by atoms with Gasteiger partial charge in [0.15, 0.2) is 0 Å². The molecule has 1 aromatic carbocycles. The fourth-order valence-corrected chi connectivity index (χ4v) is 3.90. The summed E-state index contributed by atoms with van der Waals surface area (Å²) in [6.07, 6.45) is 7.12. The van der Waals surface area contributed by atoms with E-state index in [1.165, 1.54) is 17.7 Å². The van der Waals surface area contributed by atoms with Gasteiger partial charge in [0, 0.05) is 25.4 Å². The largest absolute Gasteiger partial charge is 0.312 e. The van der Waals surface area contributed by atoms with Crippen LogP contribution in [0.25, 0.3) is 0 Å². The van der Waals surface area contributed by atoms with Gasteiger partial charge >= 0.3 is 0 Å². The summed E-state index contributed by atoms with van der Waals surface area (Å²) < 4.78 is 27.0. The topological polar surface area (TPSA) is 32.3 Å². The molecule has 1 fully saturated rings. The van der Waals surface area contributed by atoms with Gasteiger partial charge < -0.3 is 10.2 Å². The first-order chi connectivity index (χ1) is 11.1. The summed E-state index contributed by atoms with van der Waals surface area (Å²) in [4.78, 5) is 14.5. The predicted octanol–water partition coefficient (Wildman–Crippen LogP) is 2.92. The first-order valence-electron chi connectivity index (χ1n) is 7.98. The van der Waals surface area contributed by atoms with Gasteiger partial charge in [-0.1, -0.05) is 17.7 Å². The lowest BCUT2D eigenvalue weighted by Gasteiger charge is -2.27. The Morgan fingerprint density at radius 3 is 2.74 bits per heavy atom. The zero-order chi connectivity index (χ0) is 16.0. The first-order valence-corrected chi connectivity index (χ1v) is 7.98. The van der Waals surface area contributed by atoms with Crippen molar-refractivity contribution in [2.75, 3.05) is 13.1 Å². The smallest absolute Gasteiger partial charge is 0.234 e. The van der Waals surface area contributed by atoms with Crippen LogP contribution >= 0.6 is 0 Å². The molecule has 0 spiro atoms. The molecule has 1 aliphatic carbocycles. The Hall–Kier alpha value is -2.01. The van der Waals surface area contributed by atoms with Crippen molar-refractivity contribution in [3.05, 3.63) is 59.3 Å². The monoisotopic (exact) mass is 316 g/mol. The van der Waals surface area contributed by atoms with Gasteiger partial charge in [0.2, 0.25) is 5.91 Å². The van der Waals surface area contributed by atoms with E-state index in [9.17, 15) is 13.6 Å². The number of hydrogen-bond acceptors (Lipinski definition) is 2. The van der Waals surface area contributed by atoms with Crippen LogP contribution in [-0.4, -0.2) is 23.9 Å². The van der Waals surface area contributed by atoms with Gasteiger partial charge in [-0.2, -0.15) is 0 Å². The molecule has 0 aromatic heterocycles. The Morgan fingerprint density at radius 2 is 2.00 bits per heavy atom. The third kappa shape index (κ3) is 2.59. The Bertz CT molecular complexity index is 693. The van der Waals surface area contributed by atoms with Crippen molar-refractivity contribution in [2.45, 2.75) is 18.9 Å². The number of halogens is 2. The fourth-order valence-electron chi connectivity index (χ4n) is 3.90. The van der Waals surface area contributed by atoms with Crippen molar-refractivity contribution >= 4 is 5.91 Å². The number of carbonyl (C=O) groups excluding carboxylic acids is 1. The van der Waals surface area contributed by atoms with Crippen LogP contribution in [0.15, 0.2) is 42.1 Å². The molecule has 0 bridgehead atoms. The lowest BCUT2D eigenvalue weighted by molar-refractivity contribution is -0.133. The molecule has 1 N–H and O–H groups in total. The quantitative estimate of drug-likeness (QED) is 0.851. The Morgan fingerprint density at radius 1 is 1.22 bits per heavy atom. The summed E-state index contributed by atoms with van der Waals surface area (Å²) in [6.45, 7) is 1.80. The minimum Gasteiger partial charge on any atom is -0.312 e. The molecule has 3 atom stereocenters. The standard InChI is InChI=1S/C18H18F2N2O/c19-15-6-11(7-16(20)8-15)17-2-1-3-22(17)18(23)12-4-13-9-21-10-14(13)5-12/h1,3-4,6-8,12,14,17,21H,2,5,9-10H2/t12?,14-,17?/m0/s1. The maximum atomic E-state index is 13.5. The molecule has 2 unspecified atom stereocenters. The number of rotatable bonds is 2. The van der Waals surface area contributed by atoms with Crippen LogP contribution in [0.3, 0.4) is 0 Å². The molecule has 1 saturated heterocycles. The van der Waals surface area contributed by atoms with Crippen molar-refractivity contribution in [3.8, 4) is 0 Å². The molecule has 1 aromatic rings. The van der Waals surface area contributed by atoms with E-state index in [2.05, 4.69) is 11.4 Å². The highest BCUT2D eigenvalue weighted by molar-refractivity contribution is 5.83. The van der Waals surface area contributed by atoms with Crippen LogP contribution in [0.5, 0.6) is 0 Å². The highest BCUT2D eigenvalue weighted by atomic mass is 19.1. The van der Waals surface area contributed by atoms with Crippen molar-refractivity contribution in [3.63, 3.8) is 0 Å². The zero-order valence-corrected chi connectivity index (χ0v) is 12.6. The van der Waals surface area contributed by atoms with Crippen molar-refractivity contribution in [2.24, 2.45) is 11.8 Å². The molecule has 3 aliphatic rings. The Labute approximate surface area is 133 Å².